The number of nitrogens with zero attached hydrogens (tertiary/aromatic N) is 2. The Labute approximate surface area is 107 Å². The number of benzene rings is 1. The lowest BCUT2D eigenvalue weighted by atomic mass is 10.0. The molecule has 0 saturated carbocycles. The Bertz CT molecular complexity index is 480. The molecule has 1 saturated heterocycles. The third-order valence-electron chi connectivity index (χ3n) is 3.68. The minimum Gasteiger partial charge on any atom is -0.369 e. The predicted octanol–water partition coefficient (Wildman–Crippen LogP) is 1.93. The molecule has 5 heteroatoms. The van der Waals surface area contributed by atoms with Gasteiger partial charge in [0.2, 0.25) is 0 Å². The Kier molecular flexibility index (Phi) is 3.52. The van der Waals surface area contributed by atoms with Crippen LogP contribution in [0.1, 0.15) is 16.7 Å². The van der Waals surface area contributed by atoms with Gasteiger partial charge >= 0.3 is 0 Å². The summed E-state index contributed by atoms with van der Waals surface area (Å²) < 4.78 is 0. The zero-order chi connectivity index (χ0) is 13.3. The van der Waals surface area contributed by atoms with Gasteiger partial charge in [-0.25, -0.2) is 0 Å². The molecule has 0 radical (unpaired) electrons. The first-order valence-corrected chi connectivity index (χ1v) is 6.23. The van der Waals surface area contributed by atoms with Crippen LogP contribution in [0.25, 0.3) is 0 Å². The maximum atomic E-state index is 11.2. The van der Waals surface area contributed by atoms with Crippen molar-refractivity contribution in [3.05, 3.63) is 32.9 Å². The third kappa shape index (κ3) is 2.18. The Morgan fingerprint density at radius 1 is 1.22 bits per heavy atom. The van der Waals surface area contributed by atoms with Gasteiger partial charge in [0.05, 0.1) is 10.5 Å². The van der Waals surface area contributed by atoms with Crippen molar-refractivity contribution in [1.82, 2.24) is 5.32 Å². The molecule has 1 heterocycles. The van der Waals surface area contributed by atoms with Crippen molar-refractivity contribution >= 4 is 11.4 Å². The second-order valence-corrected chi connectivity index (χ2v) is 4.81. The summed E-state index contributed by atoms with van der Waals surface area (Å²) in [7, 11) is 0. The van der Waals surface area contributed by atoms with Crippen LogP contribution in [-0.2, 0) is 0 Å². The molecule has 1 aliphatic heterocycles. The summed E-state index contributed by atoms with van der Waals surface area (Å²) in [5, 5.41) is 14.5. The number of hydrogen-bond donors (Lipinski definition) is 1. The van der Waals surface area contributed by atoms with E-state index in [-0.39, 0.29) is 10.6 Å². The SMILES string of the molecule is Cc1cc(N2CCNCC2)c(C)c([N+](=O)[O-])c1C. The monoisotopic (exact) mass is 249 g/mol. The largest absolute Gasteiger partial charge is 0.369 e. The Balaban J connectivity index is 2.50. The zero-order valence-electron chi connectivity index (χ0n) is 11.1. The van der Waals surface area contributed by atoms with E-state index in [0.29, 0.717) is 0 Å². The summed E-state index contributed by atoms with van der Waals surface area (Å²) in [4.78, 5) is 13.2. The van der Waals surface area contributed by atoms with Crippen LogP contribution < -0.4 is 10.2 Å². The number of hydrogen-bond acceptors (Lipinski definition) is 4. The van der Waals surface area contributed by atoms with E-state index in [1.54, 1.807) is 0 Å². The van der Waals surface area contributed by atoms with E-state index in [2.05, 4.69) is 16.3 Å². The number of nitrogens with one attached hydrogen (secondary N) is 1. The maximum absolute atomic E-state index is 11.2. The second-order valence-electron chi connectivity index (χ2n) is 4.81. The van der Waals surface area contributed by atoms with Gasteiger partial charge in [-0.1, -0.05) is 0 Å². The lowest BCUT2D eigenvalue weighted by molar-refractivity contribution is -0.386. The van der Waals surface area contributed by atoms with Gasteiger partial charge in [-0.05, 0) is 32.4 Å². The number of piperazine rings is 1. The lowest BCUT2D eigenvalue weighted by Crippen LogP contribution is -2.43. The van der Waals surface area contributed by atoms with E-state index < -0.39 is 0 Å². The molecule has 1 aromatic rings. The molecule has 0 bridgehead atoms. The summed E-state index contributed by atoms with van der Waals surface area (Å²) in [5.41, 5.74) is 3.82. The molecule has 0 atom stereocenters. The van der Waals surface area contributed by atoms with Crippen LogP contribution in [0.15, 0.2) is 6.07 Å². The van der Waals surface area contributed by atoms with Gasteiger partial charge in [0.25, 0.3) is 5.69 Å². The van der Waals surface area contributed by atoms with Crippen LogP contribution in [0.3, 0.4) is 0 Å². The summed E-state index contributed by atoms with van der Waals surface area (Å²) in [6, 6.07) is 2.07. The van der Waals surface area contributed by atoms with Crippen molar-refractivity contribution in [2.75, 3.05) is 31.1 Å². The van der Waals surface area contributed by atoms with Gasteiger partial charge in [-0.15, -0.1) is 0 Å². The van der Waals surface area contributed by atoms with E-state index in [1.807, 2.05) is 20.8 Å². The average molecular weight is 249 g/mol. The lowest BCUT2D eigenvalue weighted by Gasteiger charge is -2.31. The molecule has 1 aromatic carbocycles. The standard InChI is InChI=1S/C13H19N3O2/c1-9-8-12(15-6-4-14-5-7-15)11(3)13(10(9)2)16(17)18/h8,14H,4-7H2,1-3H3. The Hall–Kier alpha value is -1.62. The van der Waals surface area contributed by atoms with E-state index in [9.17, 15) is 10.1 Å². The molecule has 1 N–H and O–H groups in total. The maximum Gasteiger partial charge on any atom is 0.277 e. The van der Waals surface area contributed by atoms with Crippen molar-refractivity contribution < 1.29 is 4.92 Å². The molecule has 98 valence electrons. The van der Waals surface area contributed by atoms with Gasteiger partial charge in [0.1, 0.15) is 0 Å². The van der Waals surface area contributed by atoms with Gasteiger partial charge in [-0.3, -0.25) is 10.1 Å². The molecule has 0 unspecified atom stereocenters. The zero-order valence-corrected chi connectivity index (χ0v) is 11.1. The van der Waals surface area contributed by atoms with Crippen LogP contribution in [0.4, 0.5) is 11.4 Å². The minimum absolute atomic E-state index is 0.261. The number of rotatable bonds is 2. The van der Waals surface area contributed by atoms with E-state index in [0.717, 1.165) is 48.6 Å². The number of nitro benzene ring substituents is 1. The first-order valence-electron chi connectivity index (χ1n) is 6.23. The molecule has 2 rings (SSSR count). The van der Waals surface area contributed by atoms with Crippen molar-refractivity contribution in [1.29, 1.82) is 0 Å². The fraction of sp³-hybridized carbons (Fsp3) is 0.538. The molecule has 1 fully saturated rings. The molecular formula is C13H19N3O2. The predicted molar refractivity (Wildman–Crippen MR) is 72.4 cm³/mol. The van der Waals surface area contributed by atoms with Crippen molar-refractivity contribution in [2.45, 2.75) is 20.8 Å². The molecule has 0 aromatic heterocycles. The number of nitro groups is 1. The highest BCUT2D eigenvalue weighted by molar-refractivity contribution is 5.67. The molecule has 0 spiro atoms. The Morgan fingerprint density at radius 3 is 2.39 bits per heavy atom. The fourth-order valence-corrected chi connectivity index (χ4v) is 2.52. The van der Waals surface area contributed by atoms with E-state index in [4.69, 9.17) is 0 Å². The first-order chi connectivity index (χ1) is 8.52. The molecular weight excluding hydrogens is 230 g/mol. The fourth-order valence-electron chi connectivity index (χ4n) is 2.52. The molecule has 18 heavy (non-hydrogen) atoms. The Morgan fingerprint density at radius 2 is 1.83 bits per heavy atom. The highest BCUT2D eigenvalue weighted by Gasteiger charge is 2.23. The van der Waals surface area contributed by atoms with Crippen LogP contribution in [0, 0.1) is 30.9 Å². The highest BCUT2D eigenvalue weighted by atomic mass is 16.6. The molecule has 1 aliphatic rings. The number of aryl methyl sites for hydroxylation is 1. The number of anilines is 1. The van der Waals surface area contributed by atoms with Gasteiger partial charge in [0.15, 0.2) is 0 Å². The van der Waals surface area contributed by atoms with Gasteiger partial charge < -0.3 is 10.2 Å². The topological polar surface area (TPSA) is 58.4 Å². The van der Waals surface area contributed by atoms with Crippen molar-refractivity contribution in [3.63, 3.8) is 0 Å². The first kappa shape index (κ1) is 12.8. The summed E-state index contributed by atoms with van der Waals surface area (Å²) in [6.45, 7) is 9.28. The molecule has 5 nitrogen and oxygen atoms in total. The van der Waals surface area contributed by atoms with Crippen LogP contribution in [-0.4, -0.2) is 31.1 Å². The summed E-state index contributed by atoms with van der Waals surface area (Å²) in [6.07, 6.45) is 0. The molecule has 0 amide bonds. The van der Waals surface area contributed by atoms with Crippen molar-refractivity contribution in [3.8, 4) is 0 Å². The van der Waals surface area contributed by atoms with Crippen LogP contribution in [0.5, 0.6) is 0 Å². The quantitative estimate of drug-likeness (QED) is 0.642. The normalized spacial score (nSPS) is 15.8. The third-order valence-corrected chi connectivity index (χ3v) is 3.68. The summed E-state index contributed by atoms with van der Waals surface area (Å²) >= 11 is 0. The second kappa shape index (κ2) is 4.94. The highest BCUT2D eigenvalue weighted by Crippen LogP contribution is 2.34. The van der Waals surface area contributed by atoms with Crippen LogP contribution >= 0.6 is 0 Å². The molecule has 0 aliphatic carbocycles. The average Bonchev–Trinajstić information content (AvgIpc) is 2.34. The van der Waals surface area contributed by atoms with E-state index >= 15 is 0 Å². The van der Waals surface area contributed by atoms with Gasteiger partial charge in [0, 0.05) is 37.4 Å². The minimum atomic E-state index is -0.261. The van der Waals surface area contributed by atoms with Crippen LogP contribution in [0.2, 0.25) is 0 Å². The van der Waals surface area contributed by atoms with Gasteiger partial charge in [-0.2, -0.15) is 0 Å². The smallest absolute Gasteiger partial charge is 0.277 e. The summed E-state index contributed by atoms with van der Waals surface area (Å²) in [5.74, 6) is 0. The van der Waals surface area contributed by atoms with E-state index in [1.165, 1.54) is 0 Å². The van der Waals surface area contributed by atoms with Crippen molar-refractivity contribution in [2.24, 2.45) is 0 Å².